The monoisotopic (exact) mass is 305 g/mol. The molecule has 0 unspecified atom stereocenters. The zero-order chi connectivity index (χ0) is 15.1. The Kier molecular flexibility index (Phi) is 5.36. The Morgan fingerprint density at radius 2 is 1.76 bits per heavy atom. The summed E-state index contributed by atoms with van der Waals surface area (Å²) in [7, 11) is -3.32. The largest absolute Gasteiger partial charge is 0.396 e. The normalized spacial score (nSPS) is 11.3. The second kappa shape index (κ2) is 7.24. The number of aliphatic hydroxyl groups excluding tert-OH is 1. The summed E-state index contributed by atoms with van der Waals surface area (Å²) in [6.45, 7) is 0.792. The lowest BCUT2D eigenvalue weighted by atomic mass is 10.2. The highest BCUT2D eigenvalue weighted by Crippen LogP contribution is 2.18. The summed E-state index contributed by atoms with van der Waals surface area (Å²) in [4.78, 5) is 0.337. The first-order valence-corrected chi connectivity index (χ1v) is 8.48. The fraction of sp³-hybridized carbons (Fsp3) is 0.250. The van der Waals surface area contributed by atoms with Gasteiger partial charge in [0.05, 0.1) is 10.6 Å². The van der Waals surface area contributed by atoms with Gasteiger partial charge in [-0.25, -0.2) is 8.42 Å². The first-order valence-electron chi connectivity index (χ1n) is 6.83. The molecule has 0 amide bonds. The van der Waals surface area contributed by atoms with Crippen LogP contribution in [0.3, 0.4) is 0 Å². The molecule has 0 radical (unpaired) electrons. The predicted molar refractivity (Wildman–Crippen MR) is 84.0 cm³/mol. The van der Waals surface area contributed by atoms with Gasteiger partial charge in [-0.05, 0) is 36.2 Å². The van der Waals surface area contributed by atoms with E-state index in [1.165, 1.54) is 0 Å². The van der Waals surface area contributed by atoms with Gasteiger partial charge in [0.15, 0.2) is 9.84 Å². The Hall–Kier alpha value is -1.85. The van der Waals surface area contributed by atoms with Gasteiger partial charge in [-0.15, -0.1) is 0 Å². The van der Waals surface area contributed by atoms with Gasteiger partial charge in [0.1, 0.15) is 0 Å². The van der Waals surface area contributed by atoms with Crippen LogP contribution in [0.1, 0.15) is 12.0 Å². The number of anilines is 1. The number of hydrogen-bond donors (Lipinski definition) is 2. The molecule has 21 heavy (non-hydrogen) atoms. The Labute approximate surface area is 125 Å². The van der Waals surface area contributed by atoms with Crippen molar-refractivity contribution in [3.05, 3.63) is 60.2 Å². The van der Waals surface area contributed by atoms with Crippen molar-refractivity contribution in [3.8, 4) is 0 Å². The third kappa shape index (κ3) is 4.58. The number of sulfone groups is 1. The summed E-state index contributed by atoms with van der Waals surface area (Å²) in [6, 6.07) is 15.8. The van der Waals surface area contributed by atoms with Crippen molar-refractivity contribution in [2.45, 2.75) is 17.1 Å². The SMILES string of the molecule is O=S(=O)(Cc1cccc(NCCCO)c1)c1ccccc1. The zero-order valence-corrected chi connectivity index (χ0v) is 12.5. The minimum atomic E-state index is -3.32. The molecular weight excluding hydrogens is 286 g/mol. The summed E-state index contributed by atoms with van der Waals surface area (Å²) in [5.41, 5.74) is 1.61. The predicted octanol–water partition coefficient (Wildman–Crippen LogP) is 2.45. The van der Waals surface area contributed by atoms with E-state index >= 15 is 0 Å². The molecule has 112 valence electrons. The standard InChI is InChI=1S/C16H19NO3S/c18-11-5-10-17-15-7-4-6-14(12-15)13-21(19,20)16-8-2-1-3-9-16/h1-4,6-9,12,17-18H,5,10-11,13H2. The molecule has 0 saturated carbocycles. The highest BCUT2D eigenvalue weighted by molar-refractivity contribution is 7.90. The quantitative estimate of drug-likeness (QED) is 0.771. The fourth-order valence-electron chi connectivity index (χ4n) is 2.01. The molecule has 0 saturated heterocycles. The third-order valence-electron chi connectivity index (χ3n) is 3.05. The molecule has 0 spiro atoms. The van der Waals surface area contributed by atoms with Crippen molar-refractivity contribution in [2.75, 3.05) is 18.5 Å². The number of benzene rings is 2. The molecule has 0 bridgehead atoms. The minimum absolute atomic E-state index is 0.0213. The van der Waals surface area contributed by atoms with Gasteiger partial charge in [-0.2, -0.15) is 0 Å². The van der Waals surface area contributed by atoms with Crippen LogP contribution in [0, 0.1) is 0 Å². The average Bonchev–Trinajstić information content (AvgIpc) is 2.48. The van der Waals surface area contributed by atoms with Crippen molar-refractivity contribution in [1.82, 2.24) is 0 Å². The highest BCUT2D eigenvalue weighted by Gasteiger charge is 2.14. The second-order valence-electron chi connectivity index (χ2n) is 4.78. The molecule has 0 aliphatic carbocycles. The van der Waals surface area contributed by atoms with Crippen LogP contribution in [0.25, 0.3) is 0 Å². The van der Waals surface area contributed by atoms with E-state index in [0.29, 0.717) is 17.9 Å². The van der Waals surface area contributed by atoms with Gasteiger partial charge in [0, 0.05) is 18.8 Å². The molecule has 0 aliphatic heterocycles. The maximum absolute atomic E-state index is 12.3. The molecule has 0 aliphatic rings. The smallest absolute Gasteiger partial charge is 0.182 e. The molecule has 2 rings (SSSR count). The lowest BCUT2D eigenvalue weighted by Crippen LogP contribution is -2.06. The van der Waals surface area contributed by atoms with E-state index in [1.807, 2.05) is 18.2 Å². The summed E-state index contributed by atoms with van der Waals surface area (Å²) in [6.07, 6.45) is 0.659. The van der Waals surface area contributed by atoms with Crippen LogP contribution < -0.4 is 5.32 Å². The topological polar surface area (TPSA) is 66.4 Å². The van der Waals surface area contributed by atoms with Crippen molar-refractivity contribution in [1.29, 1.82) is 0 Å². The van der Waals surface area contributed by atoms with Crippen molar-refractivity contribution in [3.63, 3.8) is 0 Å². The van der Waals surface area contributed by atoms with Gasteiger partial charge in [-0.1, -0.05) is 30.3 Å². The molecule has 2 aromatic carbocycles. The van der Waals surface area contributed by atoms with Crippen LogP contribution in [0.2, 0.25) is 0 Å². The van der Waals surface area contributed by atoms with Crippen molar-refractivity contribution < 1.29 is 13.5 Å². The summed E-state index contributed by atoms with van der Waals surface area (Å²) in [5.74, 6) is -0.0213. The van der Waals surface area contributed by atoms with Crippen LogP contribution in [-0.2, 0) is 15.6 Å². The lowest BCUT2D eigenvalue weighted by molar-refractivity contribution is 0.292. The molecule has 0 atom stereocenters. The van der Waals surface area contributed by atoms with Crippen LogP contribution in [0.15, 0.2) is 59.5 Å². The number of rotatable bonds is 7. The first kappa shape index (κ1) is 15.5. The zero-order valence-electron chi connectivity index (χ0n) is 11.7. The molecular formula is C16H19NO3S. The number of nitrogens with one attached hydrogen (secondary N) is 1. The highest BCUT2D eigenvalue weighted by atomic mass is 32.2. The van der Waals surface area contributed by atoms with E-state index in [-0.39, 0.29) is 12.4 Å². The molecule has 4 nitrogen and oxygen atoms in total. The molecule has 5 heteroatoms. The van der Waals surface area contributed by atoms with Gasteiger partial charge in [0.25, 0.3) is 0 Å². The Morgan fingerprint density at radius 1 is 1.00 bits per heavy atom. The summed E-state index contributed by atoms with van der Waals surface area (Å²) in [5, 5.41) is 11.9. The average molecular weight is 305 g/mol. The molecule has 2 aromatic rings. The molecule has 0 aromatic heterocycles. The molecule has 2 N–H and O–H groups in total. The van der Waals surface area contributed by atoms with Crippen molar-refractivity contribution >= 4 is 15.5 Å². The Morgan fingerprint density at radius 3 is 2.48 bits per heavy atom. The Balaban J connectivity index is 2.11. The van der Waals surface area contributed by atoms with E-state index in [1.54, 1.807) is 36.4 Å². The Bertz CT molecular complexity index is 669. The van der Waals surface area contributed by atoms with Gasteiger partial charge < -0.3 is 10.4 Å². The van der Waals surface area contributed by atoms with E-state index in [2.05, 4.69) is 5.32 Å². The molecule has 0 fully saturated rings. The van der Waals surface area contributed by atoms with E-state index in [0.717, 1.165) is 11.3 Å². The second-order valence-corrected chi connectivity index (χ2v) is 6.77. The number of aliphatic hydroxyl groups is 1. The van der Waals surface area contributed by atoms with Crippen LogP contribution in [0.4, 0.5) is 5.69 Å². The van der Waals surface area contributed by atoms with Crippen LogP contribution in [0.5, 0.6) is 0 Å². The van der Waals surface area contributed by atoms with Crippen molar-refractivity contribution in [2.24, 2.45) is 0 Å². The van der Waals surface area contributed by atoms with E-state index in [4.69, 9.17) is 5.11 Å². The van der Waals surface area contributed by atoms with E-state index in [9.17, 15) is 8.42 Å². The minimum Gasteiger partial charge on any atom is -0.396 e. The maximum Gasteiger partial charge on any atom is 0.182 e. The summed E-state index contributed by atoms with van der Waals surface area (Å²) >= 11 is 0. The van der Waals surface area contributed by atoms with Crippen LogP contribution in [-0.4, -0.2) is 26.7 Å². The lowest BCUT2D eigenvalue weighted by Gasteiger charge is -2.08. The first-order chi connectivity index (χ1) is 10.1. The van der Waals surface area contributed by atoms with Gasteiger partial charge in [0.2, 0.25) is 0 Å². The maximum atomic E-state index is 12.3. The molecule has 0 heterocycles. The summed E-state index contributed by atoms with van der Waals surface area (Å²) < 4.78 is 24.6. The van der Waals surface area contributed by atoms with Gasteiger partial charge in [-0.3, -0.25) is 0 Å². The third-order valence-corrected chi connectivity index (χ3v) is 4.75. The van der Waals surface area contributed by atoms with Crippen LogP contribution >= 0.6 is 0 Å². The fourth-order valence-corrected chi connectivity index (χ4v) is 3.37. The van der Waals surface area contributed by atoms with Gasteiger partial charge >= 0.3 is 0 Å². The van der Waals surface area contributed by atoms with E-state index < -0.39 is 9.84 Å². The number of hydrogen-bond acceptors (Lipinski definition) is 4.